The topological polar surface area (TPSA) is 76.4 Å². The monoisotopic (exact) mass is 482 g/mol. The minimum absolute atomic E-state index is 0.0573. The summed E-state index contributed by atoms with van der Waals surface area (Å²) in [6.45, 7) is 5.39. The Morgan fingerprint density at radius 2 is 1.77 bits per heavy atom. The standard InChI is InChI=1S/C24H27BrN4O2/c1-18(30)27-23(21-7-9-22(25)10-8-21)15-24(31)29-12-2-11-28(13-14-29)17-20-5-3-19(16-26)4-6-20/h3-10,23H,2,11-15,17H2,1H3,(H,27,30). The van der Waals surface area contributed by atoms with Crippen LogP contribution in [0.3, 0.4) is 0 Å². The molecule has 3 rings (SSSR count). The summed E-state index contributed by atoms with van der Waals surface area (Å²) >= 11 is 3.42. The van der Waals surface area contributed by atoms with E-state index in [1.807, 2.05) is 53.4 Å². The third-order valence-electron chi connectivity index (χ3n) is 5.46. The highest BCUT2D eigenvalue weighted by molar-refractivity contribution is 9.10. The molecule has 0 aromatic heterocycles. The fourth-order valence-electron chi connectivity index (χ4n) is 3.82. The molecule has 1 saturated heterocycles. The third-order valence-corrected chi connectivity index (χ3v) is 5.99. The Kier molecular flexibility index (Phi) is 8.21. The van der Waals surface area contributed by atoms with Crippen molar-refractivity contribution in [2.75, 3.05) is 26.2 Å². The molecular formula is C24H27BrN4O2. The van der Waals surface area contributed by atoms with Crippen LogP contribution in [-0.4, -0.2) is 47.8 Å². The van der Waals surface area contributed by atoms with E-state index < -0.39 is 0 Å². The van der Waals surface area contributed by atoms with Gasteiger partial charge in [-0.25, -0.2) is 0 Å². The van der Waals surface area contributed by atoms with Crippen molar-refractivity contribution in [3.05, 3.63) is 69.7 Å². The van der Waals surface area contributed by atoms with Crippen LogP contribution in [0.4, 0.5) is 0 Å². The molecule has 0 radical (unpaired) electrons. The number of rotatable bonds is 6. The number of nitrogens with zero attached hydrogens (tertiary/aromatic N) is 3. The molecule has 2 amide bonds. The molecule has 6 nitrogen and oxygen atoms in total. The summed E-state index contributed by atoms with van der Waals surface area (Å²) in [5, 5.41) is 11.9. The predicted octanol–water partition coefficient (Wildman–Crippen LogP) is 3.62. The number of benzene rings is 2. The molecule has 0 saturated carbocycles. The van der Waals surface area contributed by atoms with Crippen molar-refractivity contribution in [1.29, 1.82) is 5.26 Å². The number of nitrogens with one attached hydrogen (secondary N) is 1. The van der Waals surface area contributed by atoms with Crippen molar-refractivity contribution >= 4 is 27.7 Å². The Balaban J connectivity index is 1.58. The number of amides is 2. The Morgan fingerprint density at radius 1 is 1.06 bits per heavy atom. The average molecular weight is 483 g/mol. The average Bonchev–Trinajstić information content (AvgIpc) is 3.00. The van der Waals surface area contributed by atoms with Crippen molar-refractivity contribution in [3.8, 4) is 6.07 Å². The number of hydrogen-bond acceptors (Lipinski definition) is 4. The Bertz CT molecular complexity index is 938. The van der Waals surface area contributed by atoms with Crippen LogP contribution in [0.15, 0.2) is 53.0 Å². The second-order valence-corrected chi connectivity index (χ2v) is 8.74. The Hall–Kier alpha value is -2.69. The molecule has 31 heavy (non-hydrogen) atoms. The maximum absolute atomic E-state index is 13.0. The van der Waals surface area contributed by atoms with Gasteiger partial charge in [0.25, 0.3) is 0 Å². The second-order valence-electron chi connectivity index (χ2n) is 7.83. The normalized spacial score (nSPS) is 15.6. The van der Waals surface area contributed by atoms with Gasteiger partial charge in [0.05, 0.1) is 24.1 Å². The second kappa shape index (κ2) is 11.1. The number of halogens is 1. The first-order valence-corrected chi connectivity index (χ1v) is 11.3. The zero-order valence-corrected chi connectivity index (χ0v) is 19.3. The van der Waals surface area contributed by atoms with E-state index in [2.05, 4.69) is 32.2 Å². The fourth-order valence-corrected chi connectivity index (χ4v) is 4.08. The van der Waals surface area contributed by atoms with E-state index in [1.165, 1.54) is 12.5 Å². The fraction of sp³-hybridized carbons (Fsp3) is 0.375. The maximum Gasteiger partial charge on any atom is 0.225 e. The summed E-state index contributed by atoms with van der Waals surface area (Å²) in [5.41, 5.74) is 2.75. The van der Waals surface area contributed by atoms with Gasteiger partial charge >= 0.3 is 0 Å². The van der Waals surface area contributed by atoms with Crippen LogP contribution in [-0.2, 0) is 16.1 Å². The molecule has 1 N–H and O–H groups in total. The minimum atomic E-state index is -0.337. The molecule has 1 heterocycles. The number of nitriles is 1. The van der Waals surface area contributed by atoms with Crippen LogP contribution in [0.25, 0.3) is 0 Å². The first-order chi connectivity index (χ1) is 14.9. The first-order valence-electron chi connectivity index (χ1n) is 10.5. The number of hydrogen-bond donors (Lipinski definition) is 1. The van der Waals surface area contributed by atoms with Gasteiger partial charge in [-0.1, -0.05) is 40.2 Å². The Morgan fingerprint density at radius 3 is 2.42 bits per heavy atom. The van der Waals surface area contributed by atoms with E-state index in [4.69, 9.17) is 5.26 Å². The largest absolute Gasteiger partial charge is 0.349 e. The zero-order valence-electron chi connectivity index (χ0n) is 17.7. The van der Waals surface area contributed by atoms with Crippen molar-refractivity contribution in [2.45, 2.75) is 32.4 Å². The van der Waals surface area contributed by atoms with E-state index in [0.717, 1.165) is 42.6 Å². The van der Waals surface area contributed by atoms with Gasteiger partial charge in [-0.15, -0.1) is 0 Å². The first kappa shape index (κ1) is 23.0. The van der Waals surface area contributed by atoms with Crippen LogP contribution >= 0.6 is 15.9 Å². The molecule has 2 aromatic rings. The highest BCUT2D eigenvalue weighted by Crippen LogP contribution is 2.21. The lowest BCUT2D eigenvalue weighted by Crippen LogP contribution is -2.38. The number of carbonyl (C=O) groups excluding carboxylic acids is 2. The summed E-state index contributed by atoms with van der Waals surface area (Å²) in [6.07, 6.45) is 1.15. The molecule has 0 aliphatic carbocycles. The van der Waals surface area contributed by atoms with Crippen LogP contribution in [0, 0.1) is 11.3 Å². The van der Waals surface area contributed by atoms with Crippen molar-refractivity contribution in [3.63, 3.8) is 0 Å². The molecule has 1 fully saturated rings. The molecule has 1 aliphatic heterocycles. The van der Waals surface area contributed by atoms with E-state index in [0.29, 0.717) is 12.1 Å². The minimum Gasteiger partial charge on any atom is -0.349 e. The van der Waals surface area contributed by atoms with Crippen LogP contribution in [0.2, 0.25) is 0 Å². The van der Waals surface area contributed by atoms with Crippen molar-refractivity contribution in [2.24, 2.45) is 0 Å². The van der Waals surface area contributed by atoms with Gasteiger partial charge < -0.3 is 10.2 Å². The van der Waals surface area contributed by atoms with Crippen molar-refractivity contribution in [1.82, 2.24) is 15.1 Å². The quantitative estimate of drug-likeness (QED) is 0.681. The summed E-state index contributed by atoms with van der Waals surface area (Å²) in [7, 11) is 0. The van der Waals surface area contributed by atoms with Crippen LogP contribution in [0.5, 0.6) is 0 Å². The maximum atomic E-state index is 13.0. The lowest BCUT2D eigenvalue weighted by molar-refractivity contribution is -0.132. The van der Waals surface area contributed by atoms with E-state index in [9.17, 15) is 9.59 Å². The predicted molar refractivity (Wildman–Crippen MR) is 123 cm³/mol. The number of carbonyl (C=O) groups is 2. The molecule has 1 unspecified atom stereocenters. The van der Waals surface area contributed by atoms with Gasteiger partial charge in [0, 0.05) is 44.1 Å². The summed E-state index contributed by atoms with van der Waals surface area (Å²) in [5.74, 6) is -0.0907. The van der Waals surface area contributed by atoms with Gasteiger partial charge in [0.2, 0.25) is 11.8 Å². The Labute approximate surface area is 192 Å². The van der Waals surface area contributed by atoms with Gasteiger partial charge in [0.1, 0.15) is 0 Å². The molecule has 1 aliphatic rings. The SMILES string of the molecule is CC(=O)NC(CC(=O)N1CCCN(Cc2ccc(C#N)cc2)CC1)c1ccc(Br)cc1. The van der Waals surface area contributed by atoms with Gasteiger partial charge in [-0.2, -0.15) is 5.26 Å². The molecule has 0 bridgehead atoms. The van der Waals surface area contributed by atoms with Crippen molar-refractivity contribution < 1.29 is 9.59 Å². The molecule has 2 aromatic carbocycles. The van der Waals surface area contributed by atoms with Gasteiger partial charge in [-0.3, -0.25) is 14.5 Å². The summed E-state index contributed by atoms with van der Waals surface area (Å²) < 4.78 is 0.957. The molecule has 162 valence electrons. The van der Waals surface area contributed by atoms with Crippen LogP contribution < -0.4 is 5.32 Å². The lowest BCUT2D eigenvalue weighted by atomic mass is 10.0. The van der Waals surface area contributed by atoms with E-state index >= 15 is 0 Å². The third kappa shape index (κ3) is 6.91. The van der Waals surface area contributed by atoms with E-state index in [1.54, 1.807) is 0 Å². The van der Waals surface area contributed by atoms with Gasteiger partial charge in [0.15, 0.2) is 0 Å². The lowest BCUT2D eigenvalue weighted by Gasteiger charge is -2.25. The highest BCUT2D eigenvalue weighted by Gasteiger charge is 2.23. The summed E-state index contributed by atoms with van der Waals surface area (Å²) in [4.78, 5) is 29.0. The zero-order chi connectivity index (χ0) is 22.2. The highest BCUT2D eigenvalue weighted by atomic mass is 79.9. The van der Waals surface area contributed by atoms with Crippen LogP contribution in [0.1, 0.15) is 42.5 Å². The molecule has 1 atom stereocenters. The summed E-state index contributed by atoms with van der Waals surface area (Å²) in [6, 6.07) is 17.2. The molecule has 0 spiro atoms. The molecule has 7 heteroatoms. The smallest absolute Gasteiger partial charge is 0.225 e. The molecular weight excluding hydrogens is 456 g/mol. The van der Waals surface area contributed by atoms with E-state index in [-0.39, 0.29) is 24.3 Å². The van der Waals surface area contributed by atoms with Gasteiger partial charge in [-0.05, 0) is 41.8 Å².